The van der Waals surface area contributed by atoms with E-state index in [1.165, 1.54) is 12.1 Å². The maximum absolute atomic E-state index is 13.4. The first-order chi connectivity index (χ1) is 7.65. The third kappa shape index (κ3) is 3.58. The van der Waals surface area contributed by atoms with Gasteiger partial charge in [-0.05, 0) is 44.5 Å². The van der Waals surface area contributed by atoms with Gasteiger partial charge in [0.05, 0.1) is 11.0 Å². The van der Waals surface area contributed by atoms with Gasteiger partial charge in [0.15, 0.2) is 0 Å². The first-order valence-electron chi connectivity index (χ1n) is 5.22. The number of nitro benzene ring substituents is 1. The second kappa shape index (κ2) is 6.17. The molecule has 0 unspecified atom stereocenters. The second-order valence-electron chi connectivity index (χ2n) is 3.59. The maximum Gasteiger partial charge on any atom is 0.272 e. The Morgan fingerprint density at radius 3 is 2.75 bits per heavy atom. The zero-order valence-corrected chi connectivity index (χ0v) is 9.20. The Bertz CT molecular complexity index is 369. The molecule has 0 fully saturated rings. The Balaban J connectivity index is 2.57. The third-order valence-electron chi connectivity index (χ3n) is 2.37. The molecule has 0 spiro atoms. The fourth-order valence-corrected chi connectivity index (χ4v) is 1.47. The summed E-state index contributed by atoms with van der Waals surface area (Å²) in [4.78, 5) is 9.80. The van der Waals surface area contributed by atoms with Gasteiger partial charge in [-0.2, -0.15) is 0 Å². The first kappa shape index (κ1) is 12.6. The third-order valence-corrected chi connectivity index (χ3v) is 2.37. The summed E-state index contributed by atoms with van der Waals surface area (Å²) in [6, 6.07) is 3.82. The molecule has 1 aromatic rings. The van der Waals surface area contributed by atoms with Gasteiger partial charge >= 0.3 is 0 Å². The molecule has 0 atom stereocenters. The van der Waals surface area contributed by atoms with Gasteiger partial charge in [0.2, 0.25) is 0 Å². The lowest BCUT2D eigenvalue weighted by Crippen LogP contribution is -2.07. The Labute approximate surface area is 93.6 Å². The Hall–Kier alpha value is -1.49. The molecule has 16 heavy (non-hydrogen) atoms. The van der Waals surface area contributed by atoms with E-state index < -0.39 is 10.7 Å². The van der Waals surface area contributed by atoms with E-state index in [0.29, 0.717) is 12.0 Å². The van der Waals surface area contributed by atoms with E-state index in [1.807, 2.05) is 7.05 Å². The highest BCUT2D eigenvalue weighted by Crippen LogP contribution is 2.17. The van der Waals surface area contributed by atoms with Crippen molar-refractivity contribution in [2.75, 3.05) is 13.6 Å². The zero-order chi connectivity index (χ0) is 12.0. The summed E-state index contributed by atoms with van der Waals surface area (Å²) in [5.41, 5.74) is 0.346. The minimum absolute atomic E-state index is 0.198. The van der Waals surface area contributed by atoms with Crippen molar-refractivity contribution < 1.29 is 9.31 Å². The van der Waals surface area contributed by atoms with E-state index >= 15 is 0 Å². The number of aryl methyl sites for hydroxylation is 1. The van der Waals surface area contributed by atoms with Crippen molar-refractivity contribution in [2.24, 2.45) is 0 Å². The lowest BCUT2D eigenvalue weighted by atomic mass is 10.1. The van der Waals surface area contributed by atoms with Crippen LogP contribution in [0.1, 0.15) is 18.4 Å². The molecule has 0 aliphatic heterocycles. The van der Waals surface area contributed by atoms with Crippen LogP contribution in [0, 0.1) is 15.9 Å². The van der Waals surface area contributed by atoms with Gasteiger partial charge in [0.25, 0.3) is 5.69 Å². The molecular formula is C11H15FN2O2. The number of unbranched alkanes of at least 4 members (excludes halogenated alkanes) is 1. The van der Waals surface area contributed by atoms with Crippen LogP contribution in [-0.2, 0) is 6.42 Å². The van der Waals surface area contributed by atoms with E-state index in [4.69, 9.17) is 0 Å². The van der Waals surface area contributed by atoms with Crippen molar-refractivity contribution in [1.29, 1.82) is 0 Å². The molecule has 0 bridgehead atoms. The van der Waals surface area contributed by atoms with Crippen LogP contribution in [0.4, 0.5) is 10.1 Å². The largest absolute Gasteiger partial charge is 0.320 e. The SMILES string of the molecule is CNCCCCc1ccc([N+](=O)[O-])cc1F. The lowest BCUT2D eigenvalue weighted by Gasteiger charge is -2.03. The topological polar surface area (TPSA) is 55.2 Å². The number of hydrogen-bond acceptors (Lipinski definition) is 3. The monoisotopic (exact) mass is 226 g/mol. The summed E-state index contributed by atoms with van der Waals surface area (Å²) in [6.07, 6.45) is 2.45. The van der Waals surface area contributed by atoms with Crippen molar-refractivity contribution in [2.45, 2.75) is 19.3 Å². The maximum atomic E-state index is 13.4. The van der Waals surface area contributed by atoms with E-state index in [2.05, 4.69) is 5.32 Å². The summed E-state index contributed by atoms with van der Waals surface area (Å²) in [5.74, 6) is -0.487. The predicted molar refractivity (Wildman–Crippen MR) is 59.9 cm³/mol. The molecule has 4 nitrogen and oxygen atoms in total. The van der Waals surface area contributed by atoms with Crippen LogP contribution in [0.2, 0.25) is 0 Å². The number of hydrogen-bond donors (Lipinski definition) is 1. The highest BCUT2D eigenvalue weighted by atomic mass is 19.1. The van der Waals surface area contributed by atoms with Gasteiger partial charge in [-0.3, -0.25) is 10.1 Å². The van der Waals surface area contributed by atoms with Crippen LogP contribution in [-0.4, -0.2) is 18.5 Å². The molecule has 1 rings (SSSR count). The van der Waals surface area contributed by atoms with Gasteiger partial charge < -0.3 is 5.32 Å². The summed E-state index contributed by atoms with van der Waals surface area (Å²) >= 11 is 0. The van der Waals surface area contributed by atoms with Gasteiger partial charge in [-0.15, -0.1) is 0 Å². The number of rotatable bonds is 6. The minimum Gasteiger partial charge on any atom is -0.320 e. The van der Waals surface area contributed by atoms with E-state index in [-0.39, 0.29) is 5.69 Å². The Kier molecular flexibility index (Phi) is 4.85. The molecule has 0 radical (unpaired) electrons. The van der Waals surface area contributed by atoms with Crippen molar-refractivity contribution in [3.8, 4) is 0 Å². The highest BCUT2D eigenvalue weighted by molar-refractivity contribution is 5.34. The number of non-ortho nitro benzene ring substituents is 1. The summed E-state index contributed by atoms with van der Waals surface area (Å²) in [7, 11) is 1.87. The van der Waals surface area contributed by atoms with E-state index in [0.717, 1.165) is 25.5 Å². The predicted octanol–water partition coefficient (Wildman–Crippen LogP) is 2.28. The molecule has 88 valence electrons. The molecule has 0 aliphatic carbocycles. The quantitative estimate of drug-likeness (QED) is 0.460. The normalized spacial score (nSPS) is 10.4. The number of nitro groups is 1. The van der Waals surface area contributed by atoms with Crippen LogP contribution >= 0.6 is 0 Å². The number of halogens is 1. The average molecular weight is 226 g/mol. The molecule has 0 heterocycles. The summed E-state index contributed by atoms with van der Waals surface area (Å²) in [6.45, 7) is 0.897. The first-order valence-corrected chi connectivity index (χ1v) is 5.22. The molecule has 0 saturated heterocycles. The van der Waals surface area contributed by atoms with Crippen LogP contribution in [0.15, 0.2) is 18.2 Å². The second-order valence-corrected chi connectivity index (χ2v) is 3.59. The fraction of sp³-hybridized carbons (Fsp3) is 0.455. The van der Waals surface area contributed by atoms with E-state index in [9.17, 15) is 14.5 Å². The van der Waals surface area contributed by atoms with Crippen LogP contribution in [0.25, 0.3) is 0 Å². The van der Waals surface area contributed by atoms with E-state index in [1.54, 1.807) is 0 Å². The molecule has 0 aromatic heterocycles. The molecule has 0 saturated carbocycles. The van der Waals surface area contributed by atoms with Crippen molar-refractivity contribution >= 4 is 5.69 Å². The van der Waals surface area contributed by atoms with Crippen LogP contribution in [0.3, 0.4) is 0 Å². The van der Waals surface area contributed by atoms with Gasteiger partial charge in [-0.25, -0.2) is 4.39 Å². The Morgan fingerprint density at radius 2 is 2.19 bits per heavy atom. The standard InChI is InChI=1S/C11H15FN2O2/c1-13-7-3-2-4-9-5-6-10(14(15)16)8-11(9)12/h5-6,8,13H,2-4,7H2,1H3. The molecular weight excluding hydrogens is 211 g/mol. The molecule has 1 aromatic carbocycles. The van der Waals surface area contributed by atoms with Crippen LogP contribution in [0.5, 0.6) is 0 Å². The number of benzene rings is 1. The van der Waals surface area contributed by atoms with Crippen molar-refractivity contribution in [1.82, 2.24) is 5.32 Å². The summed E-state index contributed by atoms with van der Waals surface area (Å²) < 4.78 is 13.4. The smallest absolute Gasteiger partial charge is 0.272 e. The Morgan fingerprint density at radius 1 is 1.44 bits per heavy atom. The fourth-order valence-electron chi connectivity index (χ4n) is 1.47. The zero-order valence-electron chi connectivity index (χ0n) is 9.20. The van der Waals surface area contributed by atoms with Gasteiger partial charge in [0.1, 0.15) is 5.82 Å². The number of nitrogens with zero attached hydrogens (tertiary/aromatic N) is 1. The molecule has 1 N–H and O–H groups in total. The molecule has 0 aliphatic rings. The minimum atomic E-state index is -0.589. The lowest BCUT2D eigenvalue weighted by molar-refractivity contribution is -0.385. The van der Waals surface area contributed by atoms with Crippen molar-refractivity contribution in [3.05, 3.63) is 39.7 Å². The highest BCUT2D eigenvalue weighted by Gasteiger charge is 2.09. The van der Waals surface area contributed by atoms with Crippen molar-refractivity contribution in [3.63, 3.8) is 0 Å². The average Bonchev–Trinajstić information content (AvgIpc) is 2.26. The van der Waals surface area contributed by atoms with Gasteiger partial charge in [-0.1, -0.05) is 0 Å². The molecule has 5 heteroatoms. The molecule has 0 amide bonds. The number of nitrogens with one attached hydrogen (secondary N) is 1. The van der Waals surface area contributed by atoms with Gasteiger partial charge in [0, 0.05) is 6.07 Å². The van der Waals surface area contributed by atoms with Crippen LogP contribution < -0.4 is 5.32 Å². The summed E-state index contributed by atoms with van der Waals surface area (Å²) in [5, 5.41) is 13.4.